The molecule has 0 saturated heterocycles. The van der Waals surface area contributed by atoms with Gasteiger partial charge in [-0.25, -0.2) is 14.2 Å². The van der Waals surface area contributed by atoms with E-state index in [0.717, 1.165) is 11.3 Å². The van der Waals surface area contributed by atoms with E-state index >= 15 is 0 Å². The summed E-state index contributed by atoms with van der Waals surface area (Å²) in [7, 11) is 2.82. The Bertz CT molecular complexity index is 1480. The lowest BCUT2D eigenvalue weighted by Gasteiger charge is -2.24. The topological polar surface area (TPSA) is 99.4 Å². The van der Waals surface area contributed by atoms with Gasteiger partial charge in [0.05, 0.1) is 42.7 Å². The number of fused-ring (bicyclic) bond motifs is 1. The van der Waals surface area contributed by atoms with E-state index < -0.39 is 17.8 Å². The first-order valence-corrected chi connectivity index (χ1v) is 11.5. The molecule has 2 heterocycles. The van der Waals surface area contributed by atoms with Crippen molar-refractivity contribution in [1.29, 1.82) is 0 Å². The highest BCUT2D eigenvalue weighted by Gasteiger charge is 2.33. The maximum absolute atomic E-state index is 13.6. The van der Waals surface area contributed by atoms with Crippen LogP contribution in [-0.4, -0.2) is 36.5 Å². The molecule has 8 nitrogen and oxygen atoms in total. The smallest absolute Gasteiger partial charge is 0.338 e. The number of hydrogen-bond donors (Lipinski definition) is 1. The monoisotopic (exact) mass is 498 g/mol. The predicted octanol–water partition coefficient (Wildman–Crippen LogP) is 2.66. The third kappa shape index (κ3) is 4.44. The Morgan fingerprint density at radius 2 is 1.83 bits per heavy atom. The maximum Gasteiger partial charge on any atom is 0.338 e. The fourth-order valence-electron chi connectivity index (χ4n) is 3.90. The molecule has 0 aliphatic carbocycles. The number of phenols is 1. The fraction of sp³-hybridized carbons (Fsp3) is 0.240. The molecule has 0 bridgehead atoms. The number of methoxy groups -OCH3 is 2. The van der Waals surface area contributed by atoms with Gasteiger partial charge in [0.1, 0.15) is 5.82 Å². The van der Waals surface area contributed by atoms with Crippen LogP contribution in [-0.2, 0) is 9.53 Å². The van der Waals surface area contributed by atoms with Crippen LogP contribution in [0.15, 0.2) is 57.5 Å². The van der Waals surface area contributed by atoms with E-state index in [1.807, 2.05) is 0 Å². The summed E-state index contributed by atoms with van der Waals surface area (Å²) in [5.74, 6) is -0.805. The first-order valence-electron chi connectivity index (χ1n) is 10.7. The molecule has 10 heteroatoms. The van der Waals surface area contributed by atoms with Crippen LogP contribution in [0.25, 0.3) is 6.08 Å². The minimum Gasteiger partial charge on any atom is -0.502 e. The second-order valence-electron chi connectivity index (χ2n) is 7.63. The number of hydrogen-bond acceptors (Lipinski definition) is 8. The maximum atomic E-state index is 13.6. The normalized spacial score (nSPS) is 15.5. The van der Waals surface area contributed by atoms with Gasteiger partial charge in [0.2, 0.25) is 5.75 Å². The quantitative estimate of drug-likeness (QED) is 0.525. The zero-order chi connectivity index (χ0) is 25.3. The first kappa shape index (κ1) is 24.2. The molecule has 4 rings (SSSR count). The molecule has 0 saturated carbocycles. The van der Waals surface area contributed by atoms with Crippen LogP contribution in [0, 0.1) is 5.82 Å². The molecule has 182 valence electrons. The number of aromatic hydroxyl groups is 1. The Labute approximate surface area is 203 Å². The number of rotatable bonds is 6. The largest absolute Gasteiger partial charge is 0.502 e. The molecule has 0 amide bonds. The Kier molecular flexibility index (Phi) is 6.74. The molecule has 0 spiro atoms. The van der Waals surface area contributed by atoms with Crippen molar-refractivity contribution in [3.8, 4) is 17.2 Å². The van der Waals surface area contributed by atoms with Crippen molar-refractivity contribution in [2.24, 2.45) is 4.99 Å². The van der Waals surface area contributed by atoms with Gasteiger partial charge in [0.15, 0.2) is 16.3 Å². The van der Waals surface area contributed by atoms with E-state index in [1.165, 1.54) is 43.1 Å². The molecule has 1 aliphatic heterocycles. The number of phenolic OH excluding ortho intramolecular Hbond substituents is 1. The molecular formula is C25H23FN2O6S. The van der Waals surface area contributed by atoms with Crippen LogP contribution in [0.1, 0.15) is 31.0 Å². The lowest BCUT2D eigenvalue weighted by molar-refractivity contribution is -0.139. The minimum absolute atomic E-state index is 0.153. The Hall–Kier alpha value is -3.92. The van der Waals surface area contributed by atoms with Crippen molar-refractivity contribution in [1.82, 2.24) is 4.57 Å². The first-order chi connectivity index (χ1) is 16.8. The lowest BCUT2D eigenvalue weighted by atomic mass is 9.96. The van der Waals surface area contributed by atoms with Gasteiger partial charge >= 0.3 is 5.97 Å². The van der Waals surface area contributed by atoms with E-state index in [2.05, 4.69) is 4.99 Å². The number of esters is 1. The van der Waals surface area contributed by atoms with Gasteiger partial charge in [0.25, 0.3) is 5.56 Å². The number of allylic oxidation sites excluding steroid dienone is 1. The minimum atomic E-state index is -0.836. The number of halogens is 1. The standard InChI is InChI=1S/C25H23FN2O6S/c1-5-34-24(31)20-13(2)27-25-28(21(20)15-6-8-16(26)9-7-15)23(30)19(35-25)12-14-10-17(32-3)22(29)18(11-14)33-4/h6-12,21,29H,5H2,1-4H3/b19-12+/t21-/m0/s1. The van der Waals surface area contributed by atoms with Crippen LogP contribution in [0.3, 0.4) is 0 Å². The molecule has 35 heavy (non-hydrogen) atoms. The molecule has 0 unspecified atom stereocenters. The van der Waals surface area contributed by atoms with E-state index in [-0.39, 0.29) is 35.0 Å². The van der Waals surface area contributed by atoms with Crippen LogP contribution < -0.4 is 24.4 Å². The van der Waals surface area contributed by atoms with E-state index in [9.17, 15) is 19.1 Å². The zero-order valence-corrected chi connectivity index (χ0v) is 20.3. The number of nitrogens with zero attached hydrogens (tertiary/aromatic N) is 2. The predicted molar refractivity (Wildman–Crippen MR) is 128 cm³/mol. The van der Waals surface area contributed by atoms with Crippen molar-refractivity contribution < 1.29 is 28.5 Å². The van der Waals surface area contributed by atoms with E-state index in [1.54, 1.807) is 32.1 Å². The third-order valence-electron chi connectivity index (χ3n) is 5.50. The second-order valence-corrected chi connectivity index (χ2v) is 8.64. The van der Waals surface area contributed by atoms with Crippen molar-refractivity contribution >= 4 is 23.4 Å². The average molecular weight is 499 g/mol. The molecular weight excluding hydrogens is 475 g/mol. The van der Waals surface area contributed by atoms with Gasteiger partial charge in [-0.1, -0.05) is 23.5 Å². The Balaban J connectivity index is 1.95. The van der Waals surface area contributed by atoms with E-state index in [4.69, 9.17) is 14.2 Å². The van der Waals surface area contributed by atoms with Gasteiger partial charge in [-0.15, -0.1) is 0 Å². The summed E-state index contributed by atoms with van der Waals surface area (Å²) in [6, 6.07) is 7.93. The van der Waals surface area contributed by atoms with Crippen LogP contribution in [0.2, 0.25) is 0 Å². The van der Waals surface area contributed by atoms with Gasteiger partial charge in [-0.05, 0) is 55.3 Å². The highest BCUT2D eigenvalue weighted by Crippen LogP contribution is 2.37. The van der Waals surface area contributed by atoms with Crippen molar-refractivity contribution in [3.05, 3.63) is 84.3 Å². The summed E-state index contributed by atoms with van der Waals surface area (Å²) < 4.78 is 31.0. The number of carbonyl (C=O) groups is 1. The summed E-state index contributed by atoms with van der Waals surface area (Å²) in [4.78, 5) is 31.4. The highest BCUT2D eigenvalue weighted by molar-refractivity contribution is 7.07. The Morgan fingerprint density at radius 1 is 1.20 bits per heavy atom. The van der Waals surface area contributed by atoms with Crippen LogP contribution in [0.5, 0.6) is 17.2 Å². The summed E-state index contributed by atoms with van der Waals surface area (Å²) >= 11 is 1.14. The molecule has 1 N–H and O–H groups in total. The third-order valence-corrected chi connectivity index (χ3v) is 6.49. The SMILES string of the molecule is CCOC(=O)C1=C(C)N=c2s/c(=C/c3cc(OC)c(O)c(OC)c3)c(=O)n2[C@H]1c1ccc(F)cc1. The van der Waals surface area contributed by atoms with Crippen LogP contribution in [0.4, 0.5) is 4.39 Å². The number of thiazole rings is 1. The summed E-state index contributed by atoms with van der Waals surface area (Å²) in [5.41, 5.74) is 1.35. The Morgan fingerprint density at radius 3 is 2.40 bits per heavy atom. The molecule has 0 radical (unpaired) electrons. The molecule has 1 atom stereocenters. The van der Waals surface area contributed by atoms with Gasteiger partial charge < -0.3 is 19.3 Å². The molecule has 0 fully saturated rings. The van der Waals surface area contributed by atoms with Crippen molar-refractivity contribution in [2.75, 3.05) is 20.8 Å². The summed E-state index contributed by atoms with van der Waals surface area (Å²) in [5, 5.41) is 10.2. The number of carbonyl (C=O) groups excluding carboxylic acids is 1. The zero-order valence-electron chi connectivity index (χ0n) is 19.5. The van der Waals surface area contributed by atoms with Crippen molar-refractivity contribution in [2.45, 2.75) is 19.9 Å². The average Bonchev–Trinajstić information content (AvgIpc) is 3.14. The fourth-order valence-corrected chi connectivity index (χ4v) is 4.95. The summed E-state index contributed by atoms with van der Waals surface area (Å²) in [6.45, 7) is 3.52. The van der Waals surface area contributed by atoms with Gasteiger partial charge in [-0.3, -0.25) is 9.36 Å². The van der Waals surface area contributed by atoms with E-state index in [0.29, 0.717) is 26.2 Å². The van der Waals surface area contributed by atoms with Gasteiger partial charge in [0, 0.05) is 0 Å². The van der Waals surface area contributed by atoms with Gasteiger partial charge in [-0.2, -0.15) is 0 Å². The molecule has 3 aromatic rings. The number of ether oxygens (including phenoxy) is 3. The lowest BCUT2D eigenvalue weighted by Crippen LogP contribution is -2.39. The van der Waals surface area contributed by atoms with Crippen LogP contribution >= 0.6 is 11.3 Å². The highest BCUT2D eigenvalue weighted by atomic mass is 32.1. The summed E-state index contributed by atoms with van der Waals surface area (Å²) in [6.07, 6.45) is 1.62. The molecule has 2 aromatic carbocycles. The molecule has 1 aliphatic rings. The number of benzene rings is 2. The number of aromatic nitrogens is 1. The molecule has 1 aromatic heterocycles. The van der Waals surface area contributed by atoms with Crippen molar-refractivity contribution in [3.63, 3.8) is 0 Å². The second kappa shape index (κ2) is 9.75.